The Morgan fingerprint density at radius 2 is 1.84 bits per heavy atom. The fourth-order valence-corrected chi connectivity index (χ4v) is 3.35. The number of carbonyl (C=O) groups is 1. The summed E-state index contributed by atoms with van der Waals surface area (Å²) in [6.07, 6.45) is 0.500. The normalized spacial score (nSPS) is 11.7. The number of benzene rings is 3. The van der Waals surface area contributed by atoms with E-state index in [4.69, 9.17) is 20.9 Å². The van der Waals surface area contributed by atoms with Crippen LogP contribution in [0, 0.1) is 0 Å². The highest BCUT2D eigenvalue weighted by Crippen LogP contribution is 2.24. The van der Waals surface area contributed by atoms with Gasteiger partial charge in [-0.25, -0.2) is 0 Å². The second kappa shape index (κ2) is 9.45. The van der Waals surface area contributed by atoms with Crippen molar-refractivity contribution in [3.8, 4) is 17.1 Å². The van der Waals surface area contributed by atoms with Crippen LogP contribution in [0.3, 0.4) is 0 Å². The van der Waals surface area contributed by atoms with Crippen LogP contribution in [-0.2, 0) is 6.42 Å². The molecule has 0 saturated carbocycles. The smallest absolute Gasteiger partial charge is 0.251 e. The van der Waals surface area contributed by atoms with Crippen LogP contribution < -0.4 is 10.1 Å². The van der Waals surface area contributed by atoms with Gasteiger partial charge in [0.25, 0.3) is 5.91 Å². The molecule has 156 valence electrons. The third-order valence-corrected chi connectivity index (χ3v) is 5.00. The summed E-state index contributed by atoms with van der Waals surface area (Å²) >= 11 is 6.08. The van der Waals surface area contributed by atoms with Crippen LogP contribution in [0.1, 0.15) is 27.9 Å². The minimum Gasteiger partial charge on any atom is -0.497 e. The predicted octanol–water partition coefficient (Wildman–Crippen LogP) is 5.11. The molecular weight excluding hydrogens is 414 g/mol. The summed E-state index contributed by atoms with van der Waals surface area (Å²) in [6.45, 7) is 0. The Labute approximate surface area is 184 Å². The van der Waals surface area contributed by atoms with Crippen LogP contribution in [0.15, 0.2) is 83.4 Å². The number of aromatic nitrogens is 2. The maximum atomic E-state index is 12.9. The molecule has 0 aliphatic carbocycles. The second-order valence-electron chi connectivity index (χ2n) is 6.91. The predicted molar refractivity (Wildman–Crippen MR) is 118 cm³/mol. The van der Waals surface area contributed by atoms with Crippen molar-refractivity contribution in [1.82, 2.24) is 15.5 Å². The first-order valence-electron chi connectivity index (χ1n) is 9.71. The number of methoxy groups -OCH3 is 1. The molecular formula is C24H20ClN3O3. The Kier molecular flexibility index (Phi) is 6.29. The lowest BCUT2D eigenvalue weighted by Crippen LogP contribution is -2.30. The standard InChI is InChI=1S/C24H20ClN3O3/c1-30-20-12-10-17(11-13-20)23(29)26-21(14-16-6-3-2-4-7-16)24-27-22(28-31-24)18-8-5-9-19(25)15-18/h2-13,15,21H,14H2,1H3,(H,26,29)/t21-/m0/s1. The molecule has 1 aromatic heterocycles. The molecule has 1 heterocycles. The molecule has 0 aliphatic heterocycles. The zero-order chi connectivity index (χ0) is 21.6. The largest absolute Gasteiger partial charge is 0.497 e. The van der Waals surface area contributed by atoms with Crippen molar-refractivity contribution in [2.75, 3.05) is 7.11 Å². The van der Waals surface area contributed by atoms with Gasteiger partial charge < -0.3 is 14.6 Å². The van der Waals surface area contributed by atoms with Gasteiger partial charge in [0.2, 0.25) is 11.7 Å². The highest BCUT2D eigenvalue weighted by molar-refractivity contribution is 6.30. The maximum Gasteiger partial charge on any atom is 0.251 e. The van der Waals surface area contributed by atoms with Gasteiger partial charge in [0.15, 0.2) is 0 Å². The number of rotatable bonds is 7. The molecule has 3 aromatic carbocycles. The first-order chi connectivity index (χ1) is 15.1. The van der Waals surface area contributed by atoms with E-state index in [1.165, 1.54) is 0 Å². The number of nitrogens with zero attached hydrogens (tertiary/aromatic N) is 2. The van der Waals surface area contributed by atoms with Gasteiger partial charge in [-0.1, -0.05) is 59.2 Å². The molecule has 6 nitrogen and oxygen atoms in total. The van der Waals surface area contributed by atoms with E-state index in [-0.39, 0.29) is 5.91 Å². The van der Waals surface area contributed by atoms with Gasteiger partial charge in [-0.3, -0.25) is 4.79 Å². The summed E-state index contributed by atoms with van der Waals surface area (Å²) in [5.41, 5.74) is 2.28. The molecule has 4 aromatic rings. The Morgan fingerprint density at radius 1 is 1.06 bits per heavy atom. The molecule has 31 heavy (non-hydrogen) atoms. The van der Waals surface area contributed by atoms with Gasteiger partial charge in [0.1, 0.15) is 11.8 Å². The monoisotopic (exact) mass is 433 g/mol. The van der Waals surface area contributed by atoms with E-state index in [0.29, 0.717) is 34.5 Å². The molecule has 0 fully saturated rings. The van der Waals surface area contributed by atoms with Crippen LogP contribution in [0.5, 0.6) is 5.75 Å². The van der Waals surface area contributed by atoms with Gasteiger partial charge in [-0.2, -0.15) is 4.98 Å². The second-order valence-corrected chi connectivity index (χ2v) is 7.35. The van der Waals surface area contributed by atoms with Crippen molar-refractivity contribution < 1.29 is 14.1 Å². The van der Waals surface area contributed by atoms with Gasteiger partial charge in [-0.05, 0) is 42.0 Å². The van der Waals surface area contributed by atoms with E-state index in [1.807, 2.05) is 42.5 Å². The molecule has 7 heteroatoms. The summed E-state index contributed by atoms with van der Waals surface area (Å²) in [5.74, 6) is 1.17. The molecule has 0 spiro atoms. The summed E-state index contributed by atoms with van der Waals surface area (Å²) in [4.78, 5) is 17.4. The summed E-state index contributed by atoms with van der Waals surface area (Å²) < 4.78 is 10.7. The number of nitrogens with one attached hydrogen (secondary N) is 1. The average molecular weight is 434 g/mol. The van der Waals surface area contributed by atoms with Crippen molar-refractivity contribution >= 4 is 17.5 Å². The number of hydrogen-bond donors (Lipinski definition) is 1. The van der Waals surface area contributed by atoms with Crippen molar-refractivity contribution in [1.29, 1.82) is 0 Å². The molecule has 0 bridgehead atoms. The van der Waals surface area contributed by atoms with Crippen LogP contribution in [-0.4, -0.2) is 23.2 Å². The van der Waals surface area contributed by atoms with Gasteiger partial charge in [0.05, 0.1) is 7.11 Å². The van der Waals surface area contributed by atoms with Crippen molar-refractivity contribution in [2.45, 2.75) is 12.5 Å². The third kappa shape index (κ3) is 5.10. The van der Waals surface area contributed by atoms with Crippen LogP contribution in [0.25, 0.3) is 11.4 Å². The average Bonchev–Trinajstić information content (AvgIpc) is 3.30. The van der Waals surface area contributed by atoms with Gasteiger partial charge in [-0.15, -0.1) is 0 Å². The minimum atomic E-state index is -0.502. The molecule has 0 saturated heterocycles. The lowest BCUT2D eigenvalue weighted by molar-refractivity contribution is 0.0928. The summed E-state index contributed by atoms with van der Waals surface area (Å²) in [5, 5.41) is 7.67. The van der Waals surface area contributed by atoms with Crippen molar-refractivity contribution in [3.63, 3.8) is 0 Å². The maximum absolute atomic E-state index is 12.9. The zero-order valence-corrected chi connectivity index (χ0v) is 17.5. The fourth-order valence-electron chi connectivity index (χ4n) is 3.16. The number of carbonyl (C=O) groups excluding carboxylic acids is 1. The quantitative estimate of drug-likeness (QED) is 0.438. The lowest BCUT2D eigenvalue weighted by atomic mass is 10.1. The molecule has 1 atom stereocenters. The van der Waals surface area contributed by atoms with Crippen molar-refractivity contribution in [3.05, 3.63) is 101 Å². The first kappa shape index (κ1) is 20.6. The molecule has 1 N–H and O–H groups in total. The van der Waals surface area contributed by atoms with Crippen LogP contribution in [0.4, 0.5) is 0 Å². The summed E-state index contributed by atoms with van der Waals surface area (Å²) in [7, 11) is 1.58. The Morgan fingerprint density at radius 3 is 2.55 bits per heavy atom. The van der Waals surface area contributed by atoms with Crippen LogP contribution in [0.2, 0.25) is 5.02 Å². The Hall–Kier alpha value is -3.64. The first-order valence-corrected chi connectivity index (χ1v) is 10.1. The van der Waals surface area contributed by atoms with E-state index >= 15 is 0 Å². The number of ether oxygens (including phenoxy) is 1. The SMILES string of the molecule is COc1ccc(C(=O)N[C@@H](Cc2ccccc2)c2nc(-c3cccc(Cl)c3)no2)cc1. The van der Waals surface area contributed by atoms with Gasteiger partial charge >= 0.3 is 0 Å². The number of halogens is 1. The minimum absolute atomic E-state index is 0.244. The van der Waals surface area contributed by atoms with E-state index in [0.717, 1.165) is 11.1 Å². The topological polar surface area (TPSA) is 77.2 Å². The van der Waals surface area contributed by atoms with Crippen molar-refractivity contribution in [2.24, 2.45) is 0 Å². The van der Waals surface area contributed by atoms with E-state index in [9.17, 15) is 4.79 Å². The molecule has 0 radical (unpaired) electrons. The molecule has 0 unspecified atom stereocenters. The number of hydrogen-bond acceptors (Lipinski definition) is 5. The molecule has 0 aliphatic rings. The molecule has 1 amide bonds. The van der Waals surface area contributed by atoms with Crippen LogP contribution >= 0.6 is 11.6 Å². The fraction of sp³-hybridized carbons (Fsp3) is 0.125. The summed E-state index contributed by atoms with van der Waals surface area (Å²) in [6, 6.07) is 23.4. The molecule has 4 rings (SSSR count). The van der Waals surface area contributed by atoms with E-state index in [1.54, 1.807) is 43.5 Å². The Bertz CT molecular complexity index is 1160. The Balaban J connectivity index is 1.60. The van der Waals surface area contributed by atoms with E-state index < -0.39 is 6.04 Å². The zero-order valence-electron chi connectivity index (χ0n) is 16.8. The third-order valence-electron chi connectivity index (χ3n) is 4.76. The lowest BCUT2D eigenvalue weighted by Gasteiger charge is -2.15. The van der Waals surface area contributed by atoms with Gasteiger partial charge in [0, 0.05) is 22.6 Å². The number of amides is 1. The highest BCUT2D eigenvalue weighted by atomic mass is 35.5. The highest BCUT2D eigenvalue weighted by Gasteiger charge is 2.23. The van der Waals surface area contributed by atoms with E-state index in [2.05, 4.69) is 15.5 Å².